The van der Waals surface area contributed by atoms with Crippen molar-refractivity contribution in [3.05, 3.63) is 44.9 Å². The van der Waals surface area contributed by atoms with Crippen LogP contribution in [0.4, 0.5) is 0 Å². The molecule has 1 aromatic heterocycles. The number of ether oxygens (including phenoxy) is 1. The molecule has 0 N–H and O–H groups in total. The van der Waals surface area contributed by atoms with E-state index in [1.807, 2.05) is 10.3 Å². The van der Waals surface area contributed by atoms with Crippen LogP contribution in [-0.4, -0.2) is 28.9 Å². The molecule has 128 valence electrons. The van der Waals surface area contributed by atoms with Gasteiger partial charge in [0.15, 0.2) is 0 Å². The van der Waals surface area contributed by atoms with E-state index in [1.165, 1.54) is 28.9 Å². The fraction of sp³-hybridized carbons (Fsp3) is 0.474. The number of likely N-dealkylation sites (tertiary alicyclic amines) is 1. The lowest BCUT2D eigenvalue weighted by molar-refractivity contribution is 0.0719. The van der Waals surface area contributed by atoms with Crippen LogP contribution in [0.25, 0.3) is 0 Å². The number of piperidine rings is 1. The molecule has 2 aromatic rings. The number of benzene rings is 1. The van der Waals surface area contributed by atoms with Gasteiger partial charge in [-0.05, 0) is 62.8 Å². The number of hydrogen-bond acceptors (Lipinski definition) is 4. The number of carbonyl (C=O) groups excluding carboxylic acids is 1. The van der Waals surface area contributed by atoms with Gasteiger partial charge in [0.1, 0.15) is 23.1 Å². The van der Waals surface area contributed by atoms with Gasteiger partial charge in [-0.1, -0.05) is 6.07 Å². The highest BCUT2D eigenvalue weighted by atomic mass is 32.1. The Morgan fingerprint density at radius 3 is 2.71 bits per heavy atom. The number of carbonyl (C=O) groups is 1. The molecular formula is C19H24N2O2S. The summed E-state index contributed by atoms with van der Waals surface area (Å²) >= 11 is 1.49. The van der Waals surface area contributed by atoms with Crippen molar-refractivity contribution in [1.82, 2.24) is 9.88 Å². The molecule has 0 atom stereocenters. The van der Waals surface area contributed by atoms with E-state index >= 15 is 0 Å². The minimum Gasteiger partial charge on any atom is -0.486 e. The van der Waals surface area contributed by atoms with Crippen LogP contribution in [0.2, 0.25) is 0 Å². The monoisotopic (exact) mass is 344 g/mol. The van der Waals surface area contributed by atoms with Crippen LogP contribution < -0.4 is 4.74 Å². The summed E-state index contributed by atoms with van der Waals surface area (Å²) in [4.78, 5) is 18.9. The number of aromatic nitrogens is 1. The number of nitrogens with zero attached hydrogens (tertiary/aromatic N) is 2. The number of rotatable bonds is 4. The van der Waals surface area contributed by atoms with E-state index in [9.17, 15) is 4.79 Å². The first-order chi connectivity index (χ1) is 11.5. The van der Waals surface area contributed by atoms with Gasteiger partial charge in [-0.3, -0.25) is 4.79 Å². The zero-order valence-electron chi connectivity index (χ0n) is 14.6. The predicted molar refractivity (Wildman–Crippen MR) is 96.9 cm³/mol. The first-order valence-electron chi connectivity index (χ1n) is 8.49. The molecule has 2 heterocycles. The Bertz CT molecular complexity index is 733. The molecule has 0 unspecified atom stereocenters. The molecule has 1 aliphatic rings. The Balaban J connectivity index is 1.65. The maximum Gasteiger partial charge on any atom is 0.273 e. The fourth-order valence-corrected chi connectivity index (χ4v) is 3.70. The third-order valence-corrected chi connectivity index (χ3v) is 5.35. The summed E-state index contributed by atoms with van der Waals surface area (Å²) < 4.78 is 5.95. The molecule has 24 heavy (non-hydrogen) atoms. The van der Waals surface area contributed by atoms with E-state index in [2.05, 4.69) is 37.9 Å². The van der Waals surface area contributed by atoms with Gasteiger partial charge in [-0.15, -0.1) is 11.3 Å². The summed E-state index contributed by atoms with van der Waals surface area (Å²) in [5.41, 5.74) is 4.12. The highest BCUT2D eigenvalue weighted by Crippen LogP contribution is 2.25. The van der Waals surface area contributed by atoms with E-state index in [1.54, 1.807) is 0 Å². The van der Waals surface area contributed by atoms with Gasteiger partial charge in [-0.25, -0.2) is 4.98 Å². The Morgan fingerprint density at radius 2 is 1.96 bits per heavy atom. The molecule has 1 aliphatic heterocycles. The number of hydrogen-bond donors (Lipinski definition) is 0. The standard InChI is InChI=1S/C19H24N2O2S/c1-13-9-14(2)15(3)17(10-13)23-11-18-20-16(12-24-18)19(22)21-7-5-4-6-8-21/h9-10,12H,4-8,11H2,1-3H3. The first-order valence-corrected chi connectivity index (χ1v) is 9.37. The molecule has 0 radical (unpaired) electrons. The second-order valence-corrected chi connectivity index (χ2v) is 7.42. The minimum atomic E-state index is 0.0554. The van der Waals surface area contributed by atoms with E-state index in [-0.39, 0.29) is 5.91 Å². The second kappa shape index (κ2) is 7.34. The summed E-state index contributed by atoms with van der Waals surface area (Å²) in [5.74, 6) is 0.950. The lowest BCUT2D eigenvalue weighted by Gasteiger charge is -2.25. The molecule has 5 heteroatoms. The molecule has 1 fully saturated rings. The summed E-state index contributed by atoms with van der Waals surface area (Å²) in [5, 5.41) is 2.69. The molecule has 3 rings (SSSR count). The average Bonchev–Trinajstić information content (AvgIpc) is 3.06. The Labute approximate surface area is 147 Å². The van der Waals surface area contributed by atoms with Gasteiger partial charge in [-0.2, -0.15) is 0 Å². The van der Waals surface area contributed by atoms with Crippen LogP contribution in [0.5, 0.6) is 5.75 Å². The maximum atomic E-state index is 12.5. The largest absolute Gasteiger partial charge is 0.486 e. The van der Waals surface area contributed by atoms with Crippen LogP contribution in [0.15, 0.2) is 17.5 Å². The van der Waals surface area contributed by atoms with Gasteiger partial charge < -0.3 is 9.64 Å². The Hall–Kier alpha value is -1.88. The number of amides is 1. The van der Waals surface area contributed by atoms with Crippen molar-refractivity contribution >= 4 is 17.2 Å². The van der Waals surface area contributed by atoms with Crippen LogP contribution in [-0.2, 0) is 6.61 Å². The topological polar surface area (TPSA) is 42.4 Å². The summed E-state index contributed by atoms with van der Waals surface area (Å²) in [6.45, 7) is 8.33. The van der Waals surface area contributed by atoms with E-state index in [0.717, 1.165) is 42.3 Å². The molecule has 1 aromatic carbocycles. The normalized spacial score (nSPS) is 14.7. The van der Waals surface area contributed by atoms with Crippen molar-refractivity contribution in [2.24, 2.45) is 0 Å². The molecule has 0 bridgehead atoms. The van der Waals surface area contributed by atoms with E-state index in [0.29, 0.717) is 12.3 Å². The first kappa shape index (κ1) is 17.0. The molecule has 1 amide bonds. The van der Waals surface area contributed by atoms with Gasteiger partial charge in [0.25, 0.3) is 5.91 Å². The zero-order chi connectivity index (χ0) is 17.1. The van der Waals surface area contributed by atoms with Crippen molar-refractivity contribution in [2.75, 3.05) is 13.1 Å². The van der Waals surface area contributed by atoms with Crippen molar-refractivity contribution in [1.29, 1.82) is 0 Å². The summed E-state index contributed by atoms with van der Waals surface area (Å²) in [6, 6.07) is 4.21. The van der Waals surface area contributed by atoms with E-state index in [4.69, 9.17) is 4.74 Å². The minimum absolute atomic E-state index is 0.0554. The van der Waals surface area contributed by atoms with Gasteiger partial charge >= 0.3 is 0 Å². The van der Waals surface area contributed by atoms with Crippen molar-refractivity contribution in [2.45, 2.75) is 46.6 Å². The molecule has 1 saturated heterocycles. The second-order valence-electron chi connectivity index (χ2n) is 6.47. The van der Waals surface area contributed by atoms with Crippen molar-refractivity contribution in [3.63, 3.8) is 0 Å². The van der Waals surface area contributed by atoms with Gasteiger partial charge in [0, 0.05) is 18.5 Å². The highest BCUT2D eigenvalue weighted by molar-refractivity contribution is 7.09. The van der Waals surface area contributed by atoms with Crippen LogP contribution in [0.1, 0.15) is 51.4 Å². The Morgan fingerprint density at radius 1 is 1.21 bits per heavy atom. The Kier molecular flexibility index (Phi) is 5.19. The summed E-state index contributed by atoms with van der Waals surface area (Å²) in [7, 11) is 0. The smallest absolute Gasteiger partial charge is 0.273 e. The molecule has 4 nitrogen and oxygen atoms in total. The SMILES string of the molecule is Cc1cc(C)c(C)c(OCc2nc(C(=O)N3CCCCC3)cs2)c1. The quantitative estimate of drug-likeness (QED) is 0.832. The lowest BCUT2D eigenvalue weighted by atomic mass is 10.1. The van der Waals surface area contributed by atoms with Gasteiger partial charge in [0.2, 0.25) is 0 Å². The van der Waals surface area contributed by atoms with Crippen molar-refractivity contribution in [3.8, 4) is 5.75 Å². The van der Waals surface area contributed by atoms with Gasteiger partial charge in [0.05, 0.1) is 0 Å². The highest BCUT2D eigenvalue weighted by Gasteiger charge is 2.20. The fourth-order valence-electron chi connectivity index (χ4n) is 3.02. The predicted octanol–water partition coefficient (Wildman–Crippen LogP) is 4.27. The van der Waals surface area contributed by atoms with Crippen LogP contribution >= 0.6 is 11.3 Å². The maximum absolute atomic E-state index is 12.5. The number of thiazole rings is 1. The third kappa shape index (κ3) is 3.78. The summed E-state index contributed by atoms with van der Waals surface area (Å²) in [6.07, 6.45) is 3.41. The third-order valence-electron chi connectivity index (χ3n) is 4.53. The average molecular weight is 344 g/mol. The van der Waals surface area contributed by atoms with E-state index < -0.39 is 0 Å². The molecular weight excluding hydrogens is 320 g/mol. The van der Waals surface area contributed by atoms with Crippen molar-refractivity contribution < 1.29 is 9.53 Å². The lowest BCUT2D eigenvalue weighted by Crippen LogP contribution is -2.35. The molecule has 0 saturated carbocycles. The molecule has 0 spiro atoms. The molecule has 0 aliphatic carbocycles. The van der Waals surface area contributed by atoms with Crippen LogP contribution in [0.3, 0.4) is 0 Å². The van der Waals surface area contributed by atoms with Crippen LogP contribution in [0, 0.1) is 20.8 Å². The number of aryl methyl sites for hydroxylation is 2. The zero-order valence-corrected chi connectivity index (χ0v) is 15.4.